The van der Waals surface area contributed by atoms with Crippen LogP contribution in [0.2, 0.25) is 0 Å². The van der Waals surface area contributed by atoms with Gasteiger partial charge in [0.05, 0.1) is 12.6 Å². The molecule has 16 heavy (non-hydrogen) atoms. The summed E-state index contributed by atoms with van der Waals surface area (Å²) < 4.78 is 5.98. The van der Waals surface area contributed by atoms with Gasteiger partial charge in [-0.3, -0.25) is 4.79 Å². The maximum absolute atomic E-state index is 12.1. The van der Waals surface area contributed by atoms with Crippen LogP contribution in [-0.4, -0.2) is 29.2 Å². The van der Waals surface area contributed by atoms with Crippen LogP contribution in [0, 0.1) is 0 Å². The van der Waals surface area contributed by atoms with Crippen molar-refractivity contribution in [3.8, 4) is 0 Å². The normalized spacial score (nSPS) is 35.1. The van der Waals surface area contributed by atoms with Crippen LogP contribution < -0.4 is 0 Å². The minimum absolute atomic E-state index is 0.217. The standard InChI is InChI=1S/C13H19NO2/c1-2-10-11-6-9-16-13(14(11)12(10)15)7-4-3-5-8-13/h2,11H,3-9H2,1H3/b10-2+. The Labute approximate surface area is 96.4 Å². The van der Waals surface area contributed by atoms with Crippen LogP contribution in [0.5, 0.6) is 0 Å². The highest BCUT2D eigenvalue weighted by Gasteiger charge is 2.55. The zero-order valence-corrected chi connectivity index (χ0v) is 9.87. The summed E-state index contributed by atoms with van der Waals surface area (Å²) >= 11 is 0. The number of allylic oxidation sites excluding steroid dienone is 1. The van der Waals surface area contributed by atoms with Crippen LogP contribution in [0.1, 0.15) is 45.4 Å². The Morgan fingerprint density at radius 2 is 2.12 bits per heavy atom. The number of fused-ring (bicyclic) bond motifs is 2. The topological polar surface area (TPSA) is 29.5 Å². The van der Waals surface area contributed by atoms with Gasteiger partial charge in [0.2, 0.25) is 0 Å². The van der Waals surface area contributed by atoms with Gasteiger partial charge in [0.25, 0.3) is 5.91 Å². The number of rotatable bonds is 0. The average Bonchev–Trinajstić information content (AvgIpc) is 2.30. The lowest BCUT2D eigenvalue weighted by molar-refractivity contribution is -0.230. The molecule has 1 unspecified atom stereocenters. The quantitative estimate of drug-likeness (QED) is 0.463. The maximum atomic E-state index is 12.1. The summed E-state index contributed by atoms with van der Waals surface area (Å²) in [4.78, 5) is 14.1. The fourth-order valence-corrected chi connectivity index (χ4v) is 3.49. The molecule has 3 nitrogen and oxygen atoms in total. The van der Waals surface area contributed by atoms with Crippen molar-refractivity contribution in [1.82, 2.24) is 4.90 Å². The molecule has 2 saturated heterocycles. The second kappa shape index (κ2) is 3.59. The van der Waals surface area contributed by atoms with Crippen molar-refractivity contribution in [3.05, 3.63) is 11.6 Å². The Morgan fingerprint density at radius 1 is 1.38 bits per heavy atom. The van der Waals surface area contributed by atoms with Gasteiger partial charge in [-0.05, 0) is 39.0 Å². The van der Waals surface area contributed by atoms with E-state index < -0.39 is 0 Å². The lowest BCUT2D eigenvalue weighted by Gasteiger charge is -2.58. The highest BCUT2D eigenvalue weighted by atomic mass is 16.5. The van der Waals surface area contributed by atoms with Crippen molar-refractivity contribution >= 4 is 5.91 Å². The van der Waals surface area contributed by atoms with Crippen LogP contribution in [0.25, 0.3) is 0 Å². The van der Waals surface area contributed by atoms with Crippen LogP contribution >= 0.6 is 0 Å². The number of hydrogen-bond acceptors (Lipinski definition) is 2. The molecule has 2 heterocycles. The number of carbonyl (C=O) groups excluding carboxylic acids is 1. The zero-order chi connectivity index (χ0) is 11.2. The van der Waals surface area contributed by atoms with Crippen molar-refractivity contribution in [2.75, 3.05) is 6.61 Å². The average molecular weight is 221 g/mol. The summed E-state index contributed by atoms with van der Waals surface area (Å²) in [5.41, 5.74) is 0.776. The Kier molecular flexibility index (Phi) is 2.32. The molecule has 3 heteroatoms. The van der Waals surface area contributed by atoms with E-state index in [1.807, 2.05) is 17.9 Å². The molecule has 1 atom stereocenters. The van der Waals surface area contributed by atoms with Crippen LogP contribution in [-0.2, 0) is 9.53 Å². The molecule has 0 N–H and O–H groups in total. The second-order valence-electron chi connectivity index (χ2n) is 5.08. The van der Waals surface area contributed by atoms with Gasteiger partial charge in [0, 0.05) is 5.57 Å². The molecule has 0 aromatic rings. The van der Waals surface area contributed by atoms with E-state index in [0.29, 0.717) is 6.04 Å². The van der Waals surface area contributed by atoms with Gasteiger partial charge in [-0.15, -0.1) is 0 Å². The van der Waals surface area contributed by atoms with E-state index in [1.54, 1.807) is 0 Å². The fourth-order valence-electron chi connectivity index (χ4n) is 3.49. The molecule has 2 aliphatic heterocycles. The predicted octanol–water partition coefficient (Wildman–Crippen LogP) is 2.22. The minimum atomic E-state index is -0.231. The first kappa shape index (κ1) is 10.3. The highest BCUT2D eigenvalue weighted by Crippen LogP contribution is 2.46. The Hall–Kier alpha value is -0.830. The van der Waals surface area contributed by atoms with Gasteiger partial charge in [-0.1, -0.05) is 12.5 Å². The Balaban J connectivity index is 1.88. The van der Waals surface area contributed by atoms with E-state index in [9.17, 15) is 4.79 Å². The molecule has 1 aliphatic carbocycles. The first-order chi connectivity index (χ1) is 7.78. The molecule has 0 aromatic carbocycles. The van der Waals surface area contributed by atoms with E-state index in [0.717, 1.165) is 31.4 Å². The van der Waals surface area contributed by atoms with Crippen molar-refractivity contribution in [2.45, 2.75) is 57.2 Å². The van der Waals surface area contributed by atoms with E-state index in [-0.39, 0.29) is 11.6 Å². The van der Waals surface area contributed by atoms with Gasteiger partial charge < -0.3 is 9.64 Å². The molecule has 1 spiro atoms. The molecule has 3 fully saturated rings. The van der Waals surface area contributed by atoms with Crippen LogP contribution in [0.15, 0.2) is 11.6 Å². The van der Waals surface area contributed by atoms with E-state index in [4.69, 9.17) is 4.74 Å². The Bertz CT molecular complexity index is 336. The van der Waals surface area contributed by atoms with Gasteiger partial charge >= 0.3 is 0 Å². The smallest absolute Gasteiger partial charge is 0.254 e. The van der Waals surface area contributed by atoms with Crippen LogP contribution in [0.3, 0.4) is 0 Å². The number of nitrogens with zero attached hydrogens (tertiary/aromatic N) is 1. The lowest BCUT2D eigenvalue weighted by atomic mass is 9.80. The Morgan fingerprint density at radius 3 is 2.81 bits per heavy atom. The number of ether oxygens (including phenoxy) is 1. The lowest BCUT2D eigenvalue weighted by Crippen LogP contribution is -2.70. The summed E-state index contributed by atoms with van der Waals surface area (Å²) in [6, 6.07) is 0.351. The maximum Gasteiger partial charge on any atom is 0.254 e. The largest absolute Gasteiger partial charge is 0.355 e. The summed E-state index contributed by atoms with van der Waals surface area (Å²) in [6.45, 7) is 2.78. The molecule has 0 bridgehead atoms. The van der Waals surface area contributed by atoms with Crippen molar-refractivity contribution < 1.29 is 9.53 Å². The summed E-state index contributed by atoms with van der Waals surface area (Å²) in [7, 11) is 0. The summed E-state index contributed by atoms with van der Waals surface area (Å²) in [5, 5.41) is 0. The minimum Gasteiger partial charge on any atom is -0.355 e. The third-order valence-electron chi connectivity index (χ3n) is 4.28. The van der Waals surface area contributed by atoms with Gasteiger partial charge in [0.1, 0.15) is 5.72 Å². The van der Waals surface area contributed by atoms with Gasteiger partial charge in [-0.2, -0.15) is 0 Å². The molecule has 3 rings (SSSR count). The SMILES string of the molecule is C/C=C1/C(=O)N2C1CCOC21CCCCC1. The molecular formula is C13H19NO2. The van der Waals surface area contributed by atoms with Crippen LogP contribution in [0.4, 0.5) is 0 Å². The molecule has 88 valence electrons. The van der Waals surface area contributed by atoms with Crippen molar-refractivity contribution in [1.29, 1.82) is 0 Å². The summed E-state index contributed by atoms with van der Waals surface area (Å²) in [6.07, 6.45) is 8.70. The highest BCUT2D eigenvalue weighted by molar-refractivity contribution is 6.02. The predicted molar refractivity (Wildman–Crippen MR) is 60.8 cm³/mol. The number of hydrogen-bond donors (Lipinski definition) is 0. The number of carbonyl (C=O) groups is 1. The summed E-state index contributed by atoms with van der Waals surface area (Å²) in [5.74, 6) is 0.217. The second-order valence-corrected chi connectivity index (χ2v) is 5.08. The van der Waals surface area contributed by atoms with E-state index in [1.165, 1.54) is 19.3 Å². The third kappa shape index (κ3) is 1.21. The fraction of sp³-hybridized carbons (Fsp3) is 0.769. The number of amides is 1. The van der Waals surface area contributed by atoms with Gasteiger partial charge in [-0.25, -0.2) is 0 Å². The van der Waals surface area contributed by atoms with E-state index >= 15 is 0 Å². The molecule has 0 aromatic heterocycles. The molecule has 1 amide bonds. The van der Waals surface area contributed by atoms with Crippen molar-refractivity contribution in [2.24, 2.45) is 0 Å². The van der Waals surface area contributed by atoms with E-state index in [2.05, 4.69) is 0 Å². The third-order valence-corrected chi connectivity index (χ3v) is 4.28. The molecular weight excluding hydrogens is 202 g/mol. The molecule has 0 radical (unpaired) electrons. The molecule has 1 saturated carbocycles. The monoisotopic (exact) mass is 221 g/mol. The first-order valence-electron chi connectivity index (χ1n) is 6.42. The first-order valence-corrected chi connectivity index (χ1v) is 6.42. The molecule has 3 aliphatic rings. The number of β-lactam (4-membered cyclic amide) rings is 1. The van der Waals surface area contributed by atoms with Gasteiger partial charge in [0.15, 0.2) is 0 Å². The zero-order valence-electron chi connectivity index (χ0n) is 9.87. The van der Waals surface area contributed by atoms with Crippen molar-refractivity contribution in [3.63, 3.8) is 0 Å².